The maximum absolute atomic E-state index is 11.8. The van der Waals surface area contributed by atoms with Crippen LogP contribution in [-0.4, -0.2) is 54.9 Å². The Bertz CT molecular complexity index is 311. The minimum absolute atomic E-state index is 0.0185. The van der Waals surface area contributed by atoms with Crippen molar-refractivity contribution in [2.45, 2.75) is 0 Å². The van der Waals surface area contributed by atoms with Gasteiger partial charge in [-0.3, -0.25) is 9.78 Å². The Morgan fingerprint density at radius 2 is 2.07 bits per heavy atom. The summed E-state index contributed by atoms with van der Waals surface area (Å²) < 4.78 is 0. The molecule has 0 aliphatic heterocycles. The molecule has 0 bridgehead atoms. The molecule has 82 valence electrons. The van der Waals surface area contributed by atoms with Gasteiger partial charge in [0.25, 0.3) is 5.91 Å². The lowest BCUT2D eigenvalue weighted by Crippen LogP contribution is -2.33. The fourth-order valence-corrected chi connectivity index (χ4v) is 1.16. The number of hydrogen-bond donors (Lipinski definition) is 0. The fraction of sp³-hybridized carbons (Fsp3) is 0.455. The molecule has 1 amide bonds. The van der Waals surface area contributed by atoms with Crippen LogP contribution in [0.15, 0.2) is 24.5 Å². The number of aromatic nitrogens is 1. The molecule has 0 N–H and O–H groups in total. The summed E-state index contributed by atoms with van der Waals surface area (Å²) in [5.41, 5.74) is 0.638. The summed E-state index contributed by atoms with van der Waals surface area (Å²) in [4.78, 5) is 19.5. The second kappa shape index (κ2) is 5.46. The highest BCUT2D eigenvalue weighted by atomic mass is 16.2. The maximum Gasteiger partial charge on any atom is 0.255 e. The summed E-state index contributed by atoms with van der Waals surface area (Å²) in [6.45, 7) is 1.59. The smallest absolute Gasteiger partial charge is 0.255 e. The normalized spacial score (nSPS) is 10.4. The highest BCUT2D eigenvalue weighted by Crippen LogP contribution is 2.00. The van der Waals surface area contributed by atoms with E-state index in [1.54, 1.807) is 36.5 Å². The van der Waals surface area contributed by atoms with Crippen LogP contribution in [0.2, 0.25) is 0 Å². The number of rotatable bonds is 4. The zero-order chi connectivity index (χ0) is 11.3. The Balaban J connectivity index is 2.54. The van der Waals surface area contributed by atoms with Crippen molar-refractivity contribution in [2.24, 2.45) is 0 Å². The van der Waals surface area contributed by atoms with E-state index in [4.69, 9.17) is 0 Å². The predicted molar refractivity (Wildman–Crippen MR) is 59.8 cm³/mol. The minimum Gasteiger partial charge on any atom is -0.340 e. The first-order chi connectivity index (χ1) is 7.11. The SMILES string of the molecule is CN(C)CCN(C)C(=O)c1cccnc1. The Hall–Kier alpha value is -1.42. The van der Waals surface area contributed by atoms with Crippen molar-refractivity contribution in [3.63, 3.8) is 0 Å². The number of likely N-dealkylation sites (N-methyl/N-ethyl adjacent to an activating group) is 2. The van der Waals surface area contributed by atoms with Crippen LogP contribution in [0.4, 0.5) is 0 Å². The highest BCUT2D eigenvalue weighted by Gasteiger charge is 2.10. The average Bonchev–Trinajstić information content (AvgIpc) is 2.26. The molecule has 0 unspecified atom stereocenters. The molecule has 1 rings (SSSR count). The first-order valence-corrected chi connectivity index (χ1v) is 4.91. The van der Waals surface area contributed by atoms with Crippen molar-refractivity contribution >= 4 is 5.91 Å². The highest BCUT2D eigenvalue weighted by molar-refractivity contribution is 5.93. The summed E-state index contributed by atoms with van der Waals surface area (Å²) >= 11 is 0. The molecule has 4 heteroatoms. The first kappa shape index (κ1) is 11.7. The Morgan fingerprint density at radius 3 is 2.60 bits per heavy atom. The van der Waals surface area contributed by atoms with Crippen LogP contribution in [-0.2, 0) is 0 Å². The van der Waals surface area contributed by atoms with E-state index in [0.29, 0.717) is 5.56 Å². The lowest BCUT2D eigenvalue weighted by molar-refractivity contribution is 0.0786. The topological polar surface area (TPSA) is 36.4 Å². The van der Waals surface area contributed by atoms with Gasteiger partial charge in [-0.05, 0) is 26.2 Å². The second-order valence-electron chi connectivity index (χ2n) is 3.77. The quantitative estimate of drug-likeness (QED) is 0.729. The van der Waals surface area contributed by atoms with Gasteiger partial charge in [0.1, 0.15) is 0 Å². The molecule has 0 atom stereocenters. The molecular formula is C11H17N3O. The summed E-state index contributed by atoms with van der Waals surface area (Å²) in [5, 5.41) is 0. The van der Waals surface area contributed by atoms with Gasteiger partial charge in [-0.25, -0.2) is 0 Å². The van der Waals surface area contributed by atoms with E-state index >= 15 is 0 Å². The lowest BCUT2D eigenvalue weighted by Gasteiger charge is -2.19. The van der Waals surface area contributed by atoms with Crippen LogP contribution in [0, 0.1) is 0 Å². The number of carbonyl (C=O) groups excluding carboxylic acids is 1. The van der Waals surface area contributed by atoms with Gasteiger partial charge in [0.15, 0.2) is 0 Å². The van der Waals surface area contributed by atoms with Crippen molar-refractivity contribution < 1.29 is 4.79 Å². The third kappa shape index (κ3) is 3.67. The van der Waals surface area contributed by atoms with E-state index in [9.17, 15) is 4.79 Å². The van der Waals surface area contributed by atoms with E-state index in [1.165, 1.54) is 0 Å². The molecule has 0 saturated heterocycles. The van der Waals surface area contributed by atoms with Crippen LogP contribution >= 0.6 is 0 Å². The molecule has 15 heavy (non-hydrogen) atoms. The van der Waals surface area contributed by atoms with E-state index in [-0.39, 0.29) is 5.91 Å². The molecule has 0 radical (unpaired) electrons. The molecule has 0 aliphatic rings. The van der Waals surface area contributed by atoms with Crippen molar-refractivity contribution in [1.82, 2.24) is 14.8 Å². The van der Waals surface area contributed by atoms with Crippen LogP contribution in [0.3, 0.4) is 0 Å². The Kier molecular flexibility index (Phi) is 4.24. The Morgan fingerprint density at radius 1 is 1.33 bits per heavy atom. The number of carbonyl (C=O) groups is 1. The third-order valence-corrected chi connectivity index (χ3v) is 2.14. The molecule has 4 nitrogen and oxygen atoms in total. The molecule has 0 fully saturated rings. The standard InChI is InChI=1S/C11H17N3O/c1-13(2)7-8-14(3)11(15)10-5-4-6-12-9-10/h4-6,9H,7-8H2,1-3H3. The summed E-state index contributed by atoms with van der Waals surface area (Å²) in [6.07, 6.45) is 3.26. The van der Waals surface area contributed by atoms with Gasteiger partial charge in [-0.1, -0.05) is 0 Å². The minimum atomic E-state index is 0.0185. The van der Waals surface area contributed by atoms with Gasteiger partial charge in [0.2, 0.25) is 0 Å². The summed E-state index contributed by atoms with van der Waals surface area (Å²) in [7, 11) is 5.78. The zero-order valence-electron chi connectivity index (χ0n) is 9.47. The van der Waals surface area contributed by atoms with Gasteiger partial charge < -0.3 is 9.80 Å². The third-order valence-electron chi connectivity index (χ3n) is 2.14. The average molecular weight is 207 g/mol. The number of nitrogens with zero attached hydrogens (tertiary/aromatic N) is 3. The van der Waals surface area contributed by atoms with E-state index < -0.39 is 0 Å². The molecule has 0 aromatic carbocycles. The molecule has 1 aromatic heterocycles. The van der Waals surface area contributed by atoms with Crippen molar-refractivity contribution in [2.75, 3.05) is 34.2 Å². The van der Waals surface area contributed by atoms with Gasteiger partial charge in [0, 0.05) is 32.5 Å². The molecule has 0 aliphatic carbocycles. The van der Waals surface area contributed by atoms with Gasteiger partial charge in [0.05, 0.1) is 5.56 Å². The molecule has 0 spiro atoms. The van der Waals surface area contributed by atoms with Crippen molar-refractivity contribution in [3.05, 3.63) is 30.1 Å². The van der Waals surface area contributed by atoms with Gasteiger partial charge in [-0.15, -0.1) is 0 Å². The zero-order valence-corrected chi connectivity index (χ0v) is 9.47. The molecular weight excluding hydrogens is 190 g/mol. The van der Waals surface area contributed by atoms with Gasteiger partial charge >= 0.3 is 0 Å². The van der Waals surface area contributed by atoms with E-state index in [2.05, 4.69) is 4.98 Å². The van der Waals surface area contributed by atoms with Crippen LogP contribution in [0.25, 0.3) is 0 Å². The van der Waals surface area contributed by atoms with Crippen molar-refractivity contribution in [1.29, 1.82) is 0 Å². The fourth-order valence-electron chi connectivity index (χ4n) is 1.16. The number of hydrogen-bond acceptors (Lipinski definition) is 3. The van der Waals surface area contributed by atoms with Crippen LogP contribution in [0.5, 0.6) is 0 Å². The van der Waals surface area contributed by atoms with E-state index in [0.717, 1.165) is 13.1 Å². The maximum atomic E-state index is 11.8. The summed E-state index contributed by atoms with van der Waals surface area (Å²) in [5.74, 6) is 0.0185. The van der Waals surface area contributed by atoms with Crippen molar-refractivity contribution in [3.8, 4) is 0 Å². The van der Waals surface area contributed by atoms with Crippen LogP contribution < -0.4 is 0 Å². The monoisotopic (exact) mass is 207 g/mol. The summed E-state index contributed by atoms with van der Waals surface area (Å²) in [6, 6.07) is 3.55. The second-order valence-corrected chi connectivity index (χ2v) is 3.77. The molecule has 0 saturated carbocycles. The molecule has 1 heterocycles. The largest absolute Gasteiger partial charge is 0.340 e. The predicted octanol–water partition coefficient (Wildman–Crippen LogP) is 0.715. The van der Waals surface area contributed by atoms with E-state index in [1.807, 2.05) is 19.0 Å². The Labute approximate surface area is 90.5 Å². The number of pyridine rings is 1. The number of amides is 1. The first-order valence-electron chi connectivity index (χ1n) is 4.91. The van der Waals surface area contributed by atoms with Crippen LogP contribution in [0.1, 0.15) is 10.4 Å². The van der Waals surface area contributed by atoms with Gasteiger partial charge in [-0.2, -0.15) is 0 Å². The molecule has 1 aromatic rings. The lowest BCUT2D eigenvalue weighted by atomic mass is 10.2.